The van der Waals surface area contributed by atoms with E-state index in [1.54, 1.807) is 11.8 Å². The van der Waals surface area contributed by atoms with Gasteiger partial charge in [0.25, 0.3) is 0 Å². The van der Waals surface area contributed by atoms with Crippen molar-refractivity contribution in [3.63, 3.8) is 0 Å². The van der Waals surface area contributed by atoms with Crippen LogP contribution >= 0.6 is 11.6 Å². The highest BCUT2D eigenvalue weighted by atomic mass is 35.5. The van der Waals surface area contributed by atoms with Crippen LogP contribution in [-0.4, -0.2) is 41.4 Å². The number of nitrogens with zero attached hydrogens (tertiary/aromatic N) is 3. The van der Waals surface area contributed by atoms with Gasteiger partial charge in [0.2, 0.25) is 0 Å². The molecule has 5 nitrogen and oxygen atoms in total. The fourth-order valence-electron chi connectivity index (χ4n) is 3.89. The molecule has 1 aliphatic rings. The molecule has 1 fully saturated rings. The second kappa shape index (κ2) is 9.09. The minimum atomic E-state index is 0.334. The summed E-state index contributed by atoms with van der Waals surface area (Å²) in [4.78, 5) is 2.57. The van der Waals surface area contributed by atoms with E-state index in [1.165, 1.54) is 18.4 Å². The van der Waals surface area contributed by atoms with Gasteiger partial charge in [0.05, 0.1) is 12.8 Å². The lowest BCUT2D eigenvalue weighted by atomic mass is 10.0. The first kappa shape index (κ1) is 20.2. The highest BCUT2D eigenvalue weighted by Crippen LogP contribution is 2.28. The number of likely N-dealkylation sites (tertiary alicyclic amines) is 1. The summed E-state index contributed by atoms with van der Waals surface area (Å²) >= 11 is 6.49. The Labute approximate surface area is 167 Å². The molecule has 0 spiro atoms. The number of benzene rings is 1. The molecule has 1 atom stereocenters. The number of aromatic nitrogens is 2. The first-order valence-corrected chi connectivity index (χ1v) is 10.2. The molecule has 1 N–H and O–H groups in total. The van der Waals surface area contributed by atoms with Gasteiger partial charge in [-0.2, -0.15) is 5.10 Å². The van der Waals surface area contributed by atoms with Crippen molar-refractivity contribution in [1.29, 1.82) is 0 Å². The van der Waals surface area contributed by atoms with Crippen molar-refractivity contribution in [2.24, 2.45) is 7.05 Å². The molecule has 0 aliphatic carbocycles. The van der Waals surface area contributed by atoms with Gasteiger partial charge < -0.3 is 10.1 Å². The van der Waals surface area contributed by atoms with Crippen LogP contribution in [0.4, 0.5) is 0 Å². The van der Waals surface area contributed by atoms with Crippen LogP contribution in [0.15, 0.2) is 24.3 Å². The molecular weight excluding hydrogens is 360 g/mol. The SMILES string of the molecule is COc1cccc(C(CNCc2c(C(C)C)nn(C)c2Cl)N2CCCC2)c1. The summed E-state index contributed by atoms with van der Waals surface area (Å²) < 4.78 is 7.21. The van der Waals surface area contributed by atoms with E-state index in [1.807, 2.05) is 13.1 Å². The number of rotatable bonds is 8. The molecule has 2 aromatic rings. The van der Waals surface area contributed by atoms with Gasteiger partial charge in [-0.3, -0.25) is 9.58 Å². The van der Waals surface area contributed by atoms with Crippen molar-refractivity contribution in [1.82, 2.24) is 20.0 Å². The fourth-order valence-corrected chi connectivity index (χ4v) is 4.09. The maximum atomic E-state index is 6.49. The Morgan fingerprint density at radius 2 is 2.00 bits per heavy atom. The molecule has 1 aromatic heterocycles. The zero-order valence-electron chi connectivity index (χ0n) is 16.8. The fraction of sp³-hybridized carbons (Fsp3) is 0.571. The molecular formula is C21H31ClN4O. The van der Waals surface area contributed by atoms with Crippen LogP contribution in [0.25, 0.3) is 0 Å². The van der Waals surface area contributed by atoms with E-state index in [2.05, 4.69) is 47.4 Å². The quantitative estimate of drug-likeness (QED) is 0.735. The topological polar surface area (TPSA) is 42.3 Å². The van der Waals surface area contributed by atoms with Crippen LogP contribution in [-0.2, 0) is 13.6 Å². The summed E-state index contributed by atoms with van der Waals surface area (Å²) in [5.74, 6) is 1.27. The monoisotopic (exact) mass is 390 g/mol. The second-order valence-electron chi connectivity index (χ2n) is 7.60. The highest BCUT2D eigenvalue weighted by Gasteiger charge is 2.24. The van der Waals surface area contributed by atoms with E-state index < -0.39 is 0 Å². The van der Waals surface area contributed by atoms with E-state index in [0.717, 1.165) is 48.3 Å². The normalized spacial score (nSPS) is 16.2. The van der Waals surface area contributed by atoms with Crippen molar-refractivity contribution in [2.75, 3.05) is 26.7 Å². The van der Waals surface area contributed by atoms with Gasteiger partial charge in [-0.25, -0.2) is 0 Å². The second-order valence-corrected chi connectivity index (χ2v) is 7.96. The van der Waals surface area contributed by atoms with Crippen molar-refractivity contribution >= 4 is 11.6 Å². The number of hydrogen-bond acceptors (Lipinski definition) is 4. The molecule has 1 unspecified atom stereocenters. The third kappa shape index (κ3) is 4.65. The average molecular weight is 391 g/mol. The highest BCUT2D eigenvalue weighted by molar-refractivity contribution is 6.30. The largest absolute Gasteiger partial charge is 0.497 e. The molecule has 1 aliphatic heterocycles. The predicted molar refractivity (Wildman–Crippen MR) is 111 cm³/mol. The van der Waals surface area contributed by atoms with Gasteiger partial charge in [0.1, 0.15) is 10.9 Å². The van der Waals surface area contributed by atoms with Crippen LogP contribution in [0.5, 0.6) is 5.75 Å². The summed E-state index contributed by atoms with van der Waals surface area (Å²) in [5, 5.41) is 8.95. The Hall–Kier alpha value is -1.56. The Morgan fingerprint density at radius 3 is 2.67 bits per heavy atom. The van der Waals surface area contributed by atoms with Crippen molar-refractivity contribution in [3.05, 3.63) is 46.2 Å². The van der Waals surface area contributed by atoms with Crippen molar-refractivity contribution in [2.45, 2.75) is 45.2 Å². The van der Waals surface area contributed by atoms with Crippen LogP contribution in [0, 0.1) is 0 Å². The van der Waals surface area contributed by atoms with Crippen LogP contribution in [0.3, 0.4) is 0 Å². The maximum Gasteiger partial charge on any atom is 0.131 e. The summed E-state index contributed by atoms with van der Waals surface area (Å²) in [6.45, 7) is 8.21. The number of halogens is 1. The van der Waals surface area contributed by atoms with E-state index in [-0.39, 0.29) is 0 Å². The molecule has 27 heavy (non-hydrogen) atoms. The first-order chi connectivity index (χ1) is 13.0. The van der Waals surface area contributed by atoms with Gasteiger partial charge in [-0.1, -0.05) is 37.6 Å². The summed E-state index contributed by atoms with van der Waals surface area (Å²) in [6.07, 6.45) is 2.54. The number of methoxy groups -OCH3 is 1. The number of aryl methyl sites for hydroxylation is 1. The number of nitrogens with one attached hydrogen (secondary N) is 1. The van der Waals surface area contributed by atoms with Gasteiger partial charge in [-0.05, 0) is 49.5 Å². The van der Waals surface area contributed by atoms with Crippen molar-refractivity contribution < 1.29 is 4.74 Å². The third-order valence-electron chi connectivity index (χ3n) is 5.35. The lowest BCUT2D eigenvalue weighted by Gasteiger charge is -2.28. The lowest BCUT2D eigenvalue weighted by Crippen LogP contribution is -2.34. The zero-order chi connectivity index (χ0) is 19.4. The van der Waals surface area contributed by atoms with Gasteiger partial charge in [0.15, 0.2) is 0 Å². The number of ether oxygens (including phenoxy) is 1. The van der Waals surface area contributed by atoms with Gasteiger partial charge >= 0.3 is 0 Å². The molecule has 148 valence electrons. The minimum absolute atomic E-state index is 0.334. The Morgan fingerprint density at radius 1 is 1.26 bits per heavy atom. The van der Waals surface area contributed by atoms with Crippen LogP contribution in [0.1, 0.15) is 55.5 Å². The minimum Gasteiger partial charge on any atom is -0.497 e. The van der Waals surface area contributed by atoms with Crippen LogP contribution < -0.4 is 10.1 Å². The molecule has 0 saturated carbocycles. The Bertz CT molecular complexity index is 753. The molecule has 6 heteroatoms. The molecule has 3 rings (SSSR count). The molecule has 1 aromatic carbocycles. The molecule has 0 radical (unpaired) electrons. The van der Waals surface area contributed by atoms with Gasteiger partial charge in [0, 0.05) is 31.7 Å². The molecule has 1 saturated heterocycles. The molecule has 2 heterocycles. The Balaban J connectivity index is 1.74. The average Bonchev–Trinajstić information content (AvgIpc) is 3.29. The summed E-state index contributed by atoms with van der Waals surface area (Å²) in [6, 6.07) is 8.76. The maximum absolute atomic E-state index is 6.49. The zero-order valence-corrected chi connectivity index (χ0v) is 17.6. The van der Waals surface area contributed by atoms with E-state index in [4.69, 9.17) is 16.3 Å². The van der Waals surface area contributed by atoms with Crippen molar-refractivity contribution in [3.8, 4) is 5.75 Å². The summed E-state index contributed by atoms with van der Waals surface area (Å²) in [7, 11) is 3.63. The van der Waals surface area contributed by atoms with E-state index >= 15 is 0 Å². The van der Waals surface area contributed by atoms with E-state index in [9.17, 15) is 0 Å². The molecule has 0 amide bonds. The smallest absolute Gasteiger partial charge is 0.131 e. The lowest BCUT2D eigenvalue weighted by molar-refractivity contribution is 0.238. The third-order valence-corrected chi connectivity index (χ3v) is 5.82. The first-order valence-electron chi connectivity index (χ1n) is 9.81. The predicted octanol–water partition coefficient (Wildman–Crippen LogP) is 4.13. The molecule has 0 bridgehead atoms. The van der Waals surface area contributed by atoms with Gasteiger partial charge in [-0.15, -0.1) is 0 Å². The van der Waals surface area contributed by atoms with E-state index in [0.29, 0.717) is 12.0 Å². The number of hydrogen-bond donors (Lipinski definition) is 1. The Kier molecular flexibility index (Phi) is 6.79. The van der Waals surface area contributed by atoms with Crippen LogP contribution in [0.2, 0.25) is 5.15 Å². The summed E-state index contributed by atoms with van der Waals surface area (Å²) in [5.41, 5.74) is 3.49. The standard InChI is InChI=1S/C21H31ClN4O/c1-15(2)20-18(21(22)25(3)24-20)13-23-14-19(26-10-5-6-11-26)16-8-7-9-17(12-16)27-4/h7-9,12,15,19,23H,5-6,10-11,13-14H2,1-4H3.